The normalized spacial score (nSPS) is 13.8. The van der Waals surface area contributed by atoms with E-state index in [0.29, 0.717) is 39.1 Å². The number of nitrogens with one attached hydrogen (secondary N) is 1. The van der Waals surface area contributed by atoms with Gasteiger partial charge in [-0.05, 0) is 49.7 Å². The third-order valence-electron chi connectivity index (χ3n) is 6.22. The molecule has 1 fully saturated rings. The zero-order chi connectivity index (χ0) is 25.2. The lowest BCUT2D eigenvalue weighted by Crippen LogP contribution is -2.43. The third kappa shape index (κ3) is 4.38. The number of hydrogen-bond acceptors (Lipinski definition) is 8. The summed E-state index contributed by atoms with van der Waals surface area (Å²) >= 11 is 1.17. The van der Waals surface area contributed by atoms with Gasteiger partial charge in [0, 0.05) is 38.3 Å². The van der Waals surface area contributed by atoms with Crippen LogP contribution in [-0.4, -0.2) is 59.1 Å². The van der Waals surface area contributed by atoms with Crippen molar-refractivity contribution in [1.29, 1.82) is 5.26 Å². The van der Waals surface area contributed by atoms with Crippen molar-refractivity contribution in [3.05, 3.63) is 46.6 Å². The molecule has 0 spiro atoms. The van der Waals surface area contributed by atoms with Crippen LogP contribution in [0.1, 0.15) is 17.4 Å². The second-order valence-corrected chi connectivity index (χ2v) is 9.48. The maximum absolute atomic E-state index is 13.9. The minimum atomic E-state index is -0.625. The maximum atomic E-state index is 13.9. The predicted octanol–water partition coefficient (Wildman–Crippen LogP) is 4.41. The lowest BCUT2D eigenvalue weighted by molar-refractivity contribution is 0.497. The smallest absolute Gasteiger partial charge is 0.193 e. The summed E-state index contributed by atoms with van der Waals surface area (Å²) in [5.41, 5.74) is 3.49. The summed E-state index contributed by atoms with van der Waals surface area (Å²) in [7, 11) is 0. The number of anilines is 3. The fraction of sp³-hybridized carbons (Fsp3) is 0.360. The minimum Gasteiger partial charge on any atom is -0.354 e. The SMILES string of the molecule is CCn1nc2c(C)cc(N3CCNCC3)nc2c1N(CCF)c1nc(-c2ccc(F)cc2)c(C#N)s1. The van der Waals surface area contributed by atoms with Gasteiger partial charge in [-0.25, -0.2) is 23.4 Å². The summed E-state index contributed by atoms with van der Waals surface area (Å²) < 4.78 is 29.2. The highest BCUT2D eigenvalue weighted by molar-refractivity contribution is 7.16. The van der Waals surface area contributed by atoms with Gasteiger partial charge in [-0.2, -0.15) is 10.4 Å². The monoisotopic (exact) mass is 508 g/mol. The molecule has 0 amide bonds. The number of pyridine rings is 1. The van der Waals surface area contributed by atoms with Gasteiger partial charge in [-0.15, -0.1) is 0 Å². The average Bonchev–Trinajstić information content (AvgIpc) is 3.50. The highest BCUT2D eigenvalue weighted by atomic mass is 32.1. The van der Waals surface area contributed by atoms with Crippen LogP contribution < -0.4 is 15.1 Å². The van der Waals surface area contributed by atoms with E-state index in [-0.39, 0.29) is 12.4 Å². The van der Waals surface area contributed by atoms with E-state index in [9.17, 15) is 14.0 Å². The van der Waals surface area contributed by atoms with Crippen molar-refractivity contribution in [3.8, 4) is 17.3 Å². The molecule has 1 aromatic carbocycles. The fourth-order valence-electron chi connectivity index (χ4n) is 4.44. The van der Waals surface area contributed by atoms with E-state index in [4.69, 9.17) is 15.1 Å². The summed E-state index contributed by atoms with van der Waals surface area (Å²) in [6.45, 7) is 7.41. The number of rotatable bonds is 7. The molecule has 4 heterocycles. The number of thiazole rings is 1. The van der Waals surface area contributed by atoms with Crippen molar-refractivity contribution >= 4 is 39.1 Å². The van der Waals surface area contributed by atoms with Gasteiger partial charge >= 0.3 is 0 Å². The van der Waals surface area contributed by atoms with E-state index in [1.54, 1.807) is 17.0 Å². The van der Waals surface area contributed by atoms with Crippen LogP contribution >= 0.6 is 11.3 Å². The molecule has 8 nitrogen and oxygen atoms in total. The Morgan fingerprint density at radius 1 is 1.17 bits per heavy atom. The first-order valence-corrected chi connectivity index (χ1v) is 12.7. The predicted molar refractivity (Wildman–Crippen MR) is 138 cm³/mol. The molecule has 0 aliphatic carbocycles. The summed E-state index contributed by atoms with van der Waals surface area (Å²) in [6.07, 6.45) is 0. The molecule has 1 aliphatic rings. The van der Waals surface area contributed by atoms with Crippen LogP contribution in [0.2, 0.25) is 0 Å². The van der Waals surface area contributed by atoms with Gasteiger partial charge in [0.1, 0.15) is 46.0 Å². The van der Waals surface area contributed by atoms with Crippen LogP contribution in [-0.2, 0) is 6.54 Å². The molecule has 1 saturated heterocycles. The Hall–Kier alpha value is -3.62. The molecule has 0 unspecified atom stereocenters. The van der Waals surface area contributed by atoms with Crippen LogP contribution in [0.4, 0.5) is 25.5 Å². The lowest BCUT2D eigenvalue weighted by atomic mass is 10.1. The number of alkyl halides is 1. The zero-order valence-electron chi connectivity index (χ0n) is 20.1. The molecule has 0 atom stereocenters. The lowest BCUT2D eigenvalue weighted by Gasteiger charge is -2.29. The van der Waals surface area contributed by atoms with E-state index in [1.807, 2.05) is 24.6 Å². The van der Waals surface area contributed by atoms with Crippen LogP contribution in [0, 0.1) is 24.1 Å². The Morgan fingerprint density at radius 2 is 1.92 bits per heavy atom. The number of aryl methyl sites for hydroxylation is 2. The number of nitriles is 1. The quantitative estimate of drug-likeness (QED) is 0.396. The zero-order valence-corrected chi connectivity index (χ0v) is 20.9. The van der Waals surface area contributed by atoms with Crippen LogP contribution in [0.15, 0.2) is 30.3 Å². The molecule has 5 rings (SSSR count). The molecule has 36 heavy (non-hydrogen) atoms. The molecule has 11 heteroatoms. The minimum absolute atomic E-state index is 0.0284. The highest BCUT2D eigenvalue weighted by Gasteiger charge is 2.26. The largest absolute Gasteiger partial charge is 0.354 e. The number of halogens is 2. The molecular formula is C25H26F2N8S. The summed E-state index contributed by atoms with van der Waals surface area (Å²) in [4.78, 5) is 14.1. The molecule has 0 bridgehead atoms. The average molecular weight is 509 g/mol. The van der Waals surface area contributed by atoms with E-state index < -0.39 is 6.67 Å². The van der Waals surface area contributed by atoms with Gasteiger partial charge in [0.15, 0.2) is 10.9 Å². The number of benzene rings is 1. The Balaban J connectivity index is 1.66. The standard InChI is InChI=1S/C25H26F2N8S/c1-3-35-24(23-21(32-35)16(2)14-20(30-23)33-12-9-29-10-13-33)34(11-8-26)25-31-22(19(15-28)36-25)17-4-6-18(27)7-5-17/h4-7,14,29H,3,8-13H2,1-2H3. The van der Waals surface area contributed by atoms with Crippen molar-refractivity contribution in [2.75, 3.05) is 49.2 Å². The second kappa shape index (κ2) is 10.2. The van der Waals surface area contributed by atoms with Gasteiger partial charge in [0.2, 0.25) is 0 Å². The van der Waals surface area contributed by atoms with Gasteiger partial charge in [0.05, 0.1) is 6.54 Å². The van der Waals surface area contributed by atoms with E-state index in [1.165, 1.54) is 23.5 Å². The Bertz CT molecular complexity index is 1420. The van der Waals surface area contributed by atoms with Crippen LogP contribution in [0.5, 0.6) is 0 Å². The summed E-state index contributed by atoms with van der Waals surface area (Å²) in [6, 6.07) is 10.1. The summed E-state index contributed by atoms with van der Waals surface area (Å²) in [5.74, 6) is 1.14. The van der Waals surface area contributed by atoms with Crippen LogP contribution in [0.3, 0.4) is 0 Å². The number of aromatic nitrogens is 4. The number of piperazine rings is 1. The molecule has 0 radical (unpaired) electrons. The first-order chi connectivity index (χ1) is 17.5. The van der Waals surface area contributed by atoms with Gasteiger partial charge in [-0.3, -0.25) is 4.90 Å². The Kier molecular flexibility index (Phi) is 6.80. The molecule has 4 aromatic rings. The van der Waals surface area contributed by atoms with E-state index >= 15 is 0 Å². The van der Waals surface area contributed by atoms with Gasteiger partial charge in [0.25, 0.3) is 0 Å². The van der Waals surface area contributed by atoms with Crippen molar-refractivity contribution in [3.63, 3.8) is 0 Å². The van der Waals surface area contributed by atoms with Crippen molar-refractivity contribution in [1.82, 2.24) is 25.1 Å². The van der Waals surface area contributed by atoms with Crippen molar-refractivity contribution in [2.45, 2.75) is 20.4 Å². The van der Waals surface area contributed by atoms with Crippen molar-refractivity contribution in [2.24, 2.45) is 0 Å². The molecule has 1 N–H and O–H groups in total. The molecular weight excluding hydrogens is 482 g/mol. The topological polar surface area (TPSA) is 85.9 Å². The van der Waals surface area contributed by atoms with Crippen LogP contribution in [0.25, 0.3) is 22.3 Å². The Labute approximate surface area is 211 Å². The van der Waals surface area contributed by atoms with Crippen molar-refractivity contribution < 1.29 is 8.78 Å². The molecule has 3 aromatic heterocycles. The third-order valence-corrected chi connectivity index (χ3v) is 7.20. The number of fused-ring (bicyclic) bond motifs is 1. The van der Waals surface area contributed by atoms with Gasteiger partial charge in [-0.1, -0.05) is 11.3 Å². The maximum Gasteiger partial charge on any atom is 0.193 e. The first kappa shape index (κ1) is 24.1. The molecule has 1 aliphatic heterocycles. The first-order valence-electron chi connectivity index (χ1n) is 11.9. The van der Waals surface area contributed by atoms with Gasteiger partial charge < -0.3 is 10.2 Å². The fourth-order valence-corrected chi connectivity index (χ4v) is 5.36. The van der Waals surface area contributed by atoms with E-state index in [2.05, 4.69) is 16.3 Å². The number of nitrogens with zero attached hydrogens (tertiary/aromatic N) is 7. The Morgan fingerprint density at radius 3 is 2.58 bits per heavy atom. The molecule has 186 valence electrons. The highest BCUT2D eigenvalue weighted by Crippen LogP contribution is 2.39. The summed E-state index contributed by atoms with van der Waals surface area (Å²) in [5, 5.41) is 18.4. The number of hydrogen-bond donors (Lipinski definition) is 1. The second-order valence-electron chi connectivity index (χ2n) is 8.50. The van der Waals surface area contributed by atoms with E-state index in [0.717, 1.165) is 43.1 Å². The molecule has 0 saturated carbocycles.